The Morgan fingerprint density at radius 2 is 1.86 bits per heavy atom. The highest BCUT2D eigenvalue weighted by molar-refractivity contribution is 5.95. The number of aromatic hydroxyl groups is 1. The van der Waals surface area contributed by atoms with Gasteiger partial charge in [-0.1, -0.05) is 18.2 Å². The summed E-state index contributed by atoms with van der Waals surface area (Å²) in [4.78, 5) is 24.3. The molecule has 0 bridgehead atoms. The van der Waals surface area contributed by atoms with E-state index in [0.29, 0.717) is 22.6 Å². The number of esters is 1. The SMILES string of the molecule is CCOC(=O)c1ccc(-c2cc(O)cc(C(C)C(=O)Nc3ccccc3)c2)o1. The minimum absolute atomic E-state index is 0.000876. The maximum atomic E-state index is 12.6. The smallest absolute Gasteiger partial charge is 0.374 e. The van der Waals surface area contributed by atoms with Crippen LogP contribution >= 0.6 is 0 Å². The average molecular weight is 379 g/mol. The van der Waals surface area contributed by atoms with E-state index < -0.39 is 11.9 Å². The second kappa shape index (κ2) is 8.43. The average Bonchev–Trinajstić information content (AvgIpc) is 3.18. The van der Waals surface area contributed by atoms with Crippen LogP contribution in [0.5, 0.6) is 5.75 Å². The first kappa shape index (κ1) is 19.2. The summed E-state index contributed by atoms with van der Waals surface area (Å²) in [6.45, 7) is 3.72. The summed E-state index contributed by atoms with van der Waals surface area (Å²) in [6, 6.07) is 17.1. The zero-order valence-electron chi connectivity index (χ0n) is 15.6. The Hall–Kier alpha value is -3.54. The van der Waals surface area contributed by atoms with Crippen molar-refractivity contribution in [3.8, 4) is 17.1 Å². The molecule has 3 aromatic rings. The van der Waals surface area contributed by atoms with E-state index in [2.05, 4.69) is 5.32 Å². The number of para-hydroxylation sites is 1. The number of ether oxygens (including phenoxy) is 1. The standard InChI is InChI=1S/C22H21NO5/c1-3-27-22(26)20-10-9-19(28-20)16-11-15(12-18(24)13-16)14(2)21(25)23-17-7-5-4-6-8-17/h4-14,24H,3H2,1-2H3,(H,23,25). The van der Waals surface area contributed by atoms with Gasteiger partial charge in [-0.25, -0.2) is 4.79 Å². The molecule has 0 saturated carbocycles. The quantitative estimate of drug-likeness (QED) is 0.613. The molecule has 3 rings (SSSR count). The number of carbonyl (C=O) groups excluding carboxylic acids is 2. The second-order valence-electron chi connectivity index (χ2n) is 6.27. The third kappa shape index (κ3) is 4.40. The molecule has 6 heteroatoms. The van der Waals surface area contributed by atoms with E-state index in [1.54, 1.807) is 38.1 Å². The minimum atomic E-state index is -0.551. The van der Waals surface area contributed by atoms with E-state index in [1.807, 2.05) is 18.2 Å². The van der Waals surface area contributed by atoms with E-state index in [4.69, 9.17) is 9.15 Å². The highest BCUT2D eigenvalue weighted by atomic mass is 16.5. The number of hydrogen-bond donors (Lipinski definition) is 2. The van der Waals surface area contributed by atoms with Gasteiger partial charge in [0.2, 0.25) is 11.7 Å². The van der Waals surface area contributed by atoms with Crippen molar-refractivity contribution in [3.63, 3.8) is 0 Å². The van der Waals surface area contributed by atoms with E-state index in [9.17, 15) is 14.7 Å². The third-order valence-electron chi connectivity index (χ3n) is 4.24. The molecule has 1 amide bonds. The molecule has 2 aromatic carbocycles. The van der Waals surface area contributed by atoms with Crippen LogP contribution in [0.2, 0.25) is 0 Å². The van der Waals surface area contributed by atoms with Gasteiger partial charge in [-0.05, 0) is 61.9 Å². The summed E-state index contributed by atoms with van der Waals surface area (Å²) in [5.74, 6) is -0.780. The largest absolute Gasteiger partial charge is 0.508 e. The van der Waals surface area contributed by atoms with Gasteiger partial charge in [0.1, 0.15) is 11.5 Å². The van der Waals surface area contributed by atoms with Crippen molar-refractivity contribution in [2.24, 2.45) is 0 Å². The van der Waals surface area contributed by atoms with E-state index in [-0.39, 0.29) is 24.0 Å². The summed E-state index contributed by atoms with van der Waals surface area (Å²) in [5, 5.41) is 13.0. The molecule has 1 heterocycles. The molecule has 0 spiro atoms. The van der Waals surface area contributed by atoms with Gasteiger partial charge < -0.3 is 19.6 Å². The minimum Gasteiger partial charge on any atom is -0.508 e. The number of amides is 1. The fourth-order valence-corrected chi connectivity index (χ4v) is 2.76. The molecular weight excluding hydrogens is 358 g/mol. The molecule has 0 fully saturated rings. The number of anilines is 1. The number of phenols is 1. The molecule has 28 heavy (non-hydrogen) atoms. The van der Waals surface area contributed by atoms with Crippen molar-refractivity contribution < 1.29 is 23.8 Å². The maximum Gasteiger partial charge on any atom is 0.374 e. The normalized spacial score (nSPS) is 11.6. The van der Waals surface area contributed by atoms with Crippen LogP contribution in [0.1, 0.15) is 35.9 Å². The summed E-state index contributed by atoms with van der Waals surface area (Å²) < 4.78 is 10.5. The molecule has 6 nitrogen and oxygen atoms in total. The molecule has 0 radical (unpaired) electrons. The van der Waals surface area contributed by atoms with E-state index in [0.717, 1.165) is 0 Å². The Morgan fingerprint density at radius 3 is 2.57 bits per heavy atom. The first-order valence-electron chi connectivity index (χ1n) is 8.95. The van der Waals surface area contributed by atoms with Gasteiger partial charge in [0.15, 0.2) is 0 Å². The van der Waals surface area contributed by atoms with Gasteiger partial charge >= 0.3 is 5.97 Å². The zero-order chi connectivity index (χ0) is 20.1. The molecule has 1 unspecified atom stereocenters. The lowest BCUT2D eigenvalue weighted by Crippen LogP contribution is -2.18. The van der Waals surface area contributed by atoms with Crippen molar-refractivity contribution in [2.75, 3.05) is 11.9 Å². The van der Waals surface area contributed by atoms with Crippen LogP contribution in [0, 0.1) is 0 Å². The van der Waals surface area contributed by atoms with E-state index >= 15 is 0 Å². The Labute approximate surface area is 162 Å². The van der Waals surface area contributed by atoms with Crippen LogP contribution in [0.25, 0.3) is 11.3 Å². The fraction of sp³-hybridized carbons (Fsp3) is 0.182. The summed E-state index contributed by atoms with van der Waals surface area (Å²) in [5.41, 5.74) is 1.88. The first-order valence-corrected chi connectivity index (χ1v) is 8.95. The molecule has 0 aliphatic carbocycles. The summed E-state index contributed by atoms with van der Waals surface area (Å²) in [7, 11) is 0. The molecule has 1 aromatic heterocycles. The first-order chi connectivity index (χ1) is 13.5. The van der Waals surface area contributed by atoms with Gasteiger partial charge in [0.05, 0.1) is 12.5 Å². The van der Waals surface area contributed by atoms with Crippen LogP contribution in [-0.2, 0) is 9.53 Å². The molecule has 0 aliphatic rings. The molecule has 0 saturated heterocycles. The summed E-state index contributed by atoms with van der Waals surface area (Å²) in [6.07, 6.45) is 0. The Bertz CT molecular complexity index is 978. The van der Waals surface area contributed by atoms with E-state index in [1.165, 1.54) is 18.2 Å². The van der Waals surface area contributed by atoms with Gasteiger partial charge in [0, 0.05) is 11.3 Å². The Kier molecular flexibility index (Phi) is 5.79. The van der Waals surface area contributed by atoms with Gasteiger partial charge in [-0.3, -0.25) is 4.79 Å². The molecule has 2 N–H and O–H groups in total. The molecular formula is C22H21NO5. The van der Waals surface area contributed by atoms with Crippen LogP contribution in [0.15, 0.2) is 65.1 Å². The van der Waals surface area contributed by atoms with Crippen molar-refractivity contribution >= 4 is 17.6 Å². The van der Waals surface area contributed by atoms with Gasteiger partial charge in [0.25, 0.3) is 0 Å². The lowest BCUT2D eigenvalue weighted by molar-refractivity contribution is -0.117. The lowest BCUT2D eigenvalue weighted by Gasteiger charge is -2.14. The van der Waals surface area contributed by atoms with Crippen LogP contribution in [-0.4, -0.2) is 23.6 Å². The predicted octanol–water partition coefficient (Wildman–Crippen LogP) is 4.57. The Balaban J connectivity index is 1.83. The number of rotatable bonds is 6. The van der Waals surface area contributed by atoms with Crippen molar-refractivity contribution in [1.82, 2.24) is 0 Å². The predicted molar refractivity (Wildman–Crippen MR) is 105 cm³/mol. The van der Waals surface area contributed by atoms with Crippen LogP contribution in [0.3, 0.4) is 0 Å². The number of benzene rings is 2. The number of phenolic OH excluding ortho intramolecular Hbond substituents is 1. The van der Waals surface area contributed by atoms with Crippen LogP contribution < -0.4 is 5.32 Å². The highest BCUT2D eigenvalue weighted by Crippen LogP contribution is 2.31. The van der Waals surface area contributed by atoms with Crippen molar-refractivity contribution in [1.29, 1.82) is 0 Å². The number of carbonyl (C=O) groups is 2. The molecule has 0 aliphatic heterocycles. The molecule has 144 valence electrons. The van der Waals surface area contributed by atoms with Crippen molar-refractivity contribution in [3.05, 3.63) is 72.0 Å². The summed E-state index contributed by atoms with van der Waals surface area (Å²) >= 11 is 0. The van der Waals surface area contributed by atoms with Gasteiger partial charge in [-0.15, -0.1) is 0 Å². The second-order valence-corrected chi connectivity index (χ2v) is 6.27. The number of furan rings is 1. The third-order valence-corrected chi connectivity index (χ3v) is 4.24. The highest BCUT2D eigenvalue weighted by Gasteiger charge is 2.19. The van der Waals surface area contributed by atoms with Crippen molar-refractivity contribution in [2.45, 2.75) is 19.8 Å². The fourth-order valence-electron chi connectivity index (χ4n) is 2.76. The van der Waals surface area contributed by atoms with Crippen LogP contribution in [0.4, 0.5) is 5.69 Å². The zero-order valence-corrected chi connectivity index (χ0v) is 15.6. The molecule has 1 atom stereocenters. The van der Waals surface area contributed by atoms with Gasteiger partial charge in [-0.2, -0.15) is 0 Å². The topological polar surface area (TPSA) is 88.8 Å². The number of nitrogens with one attached hydrogen (secondary N) is 1. The number of hydrogen-bond acceptors (Lipinski definition) is 5. The lowest BCUT2D eigenvalue weighted by atomic mass is 9.97. The monoisotopic (exact) mass is 379 g/mol. The Morgan fingerprint density at radius 1 is 1.11 bits per heavy atom. The maximum absolute atomic E-state index is 12.6.